The number of carbonyl (C=O) groups is 1. The minimum atomic E-state index is -0.382. The fraction of sp³-hybridized carbons (Fsp3) is 0.500. The molecule has 28 heavy (non-hydrogen) atoms. The molecule has 0 saturated carbocycles. The summed E-state index contributed by atoms with van der Waals surface area (Å²) in [6.07, 6.45) is 2.64. The van der Waals surface area contributed by atoms with E-state index in [1.165, 1.54) is 17.5 Å². The second-order valence-electron chi connectivity index (χ2n) is 6.05. The number of rotatable bonds is 5. The molecule has 154 valence electrons. The minimum Gasteiger partial charge on any atom is -0.461 e. The Morgan fingerprint density at radius 2 is 1.82 bits per heavy atom. The Hall–Kier alpha value is -2.21. The molecule has 0 saturated heterocycles. The molecule has 3 rings (SSSR count). The summed E-state index contributed by atoms with van der Waals surface area (Å²) >= 11 is 1.68. The molecule has 5 nitrogen and oxygen atoms in total. The number of hydrogen-bond acceptors (Lipinski definition) is 5. The highest BCUT2D eigenvalue weighted by molar-refractivity contribution is 7.18. The first kappa shape index (κ1) is 23.8. The van der Waals surface area contributed by atoms with Crippen LogP contribution in [0.2, 0.25) is 0 Å². The number of fused-ring (bicyclic) bond motifs is 1. The van der Waals surface area contributed by atoms with E-state index < -0.39 is 0 Å². The van der Waals surface area contributed by atoms with Crippen LogP contribution in [0.3, 0.4) is 0 Å². The van der Waals surface area contributed by atoms with Gasteiger partial charge in [0.2, 0.25) is 0 Å². The van der Waals surface area contributed by atoms with E-state index in [9.17, 15) is 4.79 Å². The van der Waals surface area contributed by atoms with E-state index in [0.29, 0.717) is 18.8 Å². The first-order valence-corrected chi connectivity index (χ1v) is 10.9. The van der Waals surface area contributed by atoms with Crippen molar-refractivity contribution in [3.05, 3.63) is 46.2 Å². The van der Waals surface area contributed by atoms with Gasteiger partial charge >= 0.3 is 5.97 Å². The van der Waals surface area contributed by atoms with Crippen LogP contribution in [0.25, 0.3) is 10.2 Å². The molecule has 2 aromatic heterocycles. The normalized spacial score (nSPS) is 9.96. The molecule has 0 N–H and O–H groups in total. The number of carbonyl (C=O) groups excluding carboxylic acids is 1. The largest absolute Gasteiger partial charge is 0.461 e. The summed E-state index contributed by atoms with van der Waals surface area (Å²) in [5.41, 5.74) is 3.38. The van der Waals surface area contributed by atoms with Crippen molar-refractivity contribution in [1.29, 1.82) is 0 Å². The molecule has 0 spiro atoms. The second kappa shape index (κ2) is 12.3. The Morgan fingerprint density at radius 1 is 1.14 bits per heavy atom. The Bertz CT molecular complexity index is 866. The van der Waals surface area contributed by atoms with Crippen molar-refractivity contribution in [2.75, 3.05) is 6.61 Å². The molecule has 0 aliphatic heterocycles. The van der Waals surface area contributed by atoms with E-state index in [-0.39, 0.29) is 5.97 Å². The number of unbranched alkanes of at least 4 members (excludes halogenated alkanes) is 1. The van der Waals surface area contributed by atoms with Gasteiger partial charge in [-0.15, -0.1) is 11.3 Å². The Morgan fingerprint density at radius 3 is 2.43 bits per heavy atom. The maximum atomic E-state index is 11.8. The lowest BCUT2D eigenvalue weighted by Gasteiger charge is -2.05. The van der Waals surface area contributed by atoms with Crippen LogP contribution in [-0.4, -0.2) is 27.3 Å². The zero-order valence-electron chi connectivity index (χ0n) is 18.2. The monoisotopic (exact) mass is 403 g/mol. The van der Waals surface area contributed by atoms with Crippen LogP contribution in [0, 0.1) is 13.8 Å². The van der Waals surface area contributed by atoms with Gasteiger partial charge in [0, 0.05) is 11.3 Å². The summed E-state index contributed by atoms with van der Waals surface area (Å²) in [6, 6.07) is 7.90. The van der Waals surface area contributed by atoms with Crippen LogP contribution < -0.4 is 0 Å². The smallest absolute Gasteiger partial charge is 0.358 e. The van der Waals surface area contributed by atoms with Gasteiger partial charge in [-0.2, -0.15) is 5.10 Å². The third-order valence-corrected chi connectivity index (χ3v) is 4.83. The lowest BCUT2D eigenvalue weighted by atomic mass is 10.2. The lowest BCUT2D eigenvalue weighted by molar-refractivity contribution is 0.0518. The summed E-state index contributed by atoms with van der Waals surface area (Å²) in [4.78, 5) is 16.4. The van der Waals surface area contributed by atoms with E-state index in [1.807, 2.05) is 44.5 Å². The first-order chi connectivity index (χ1) is 13.5. The van der Waals surface area contributed by atoms with E-state index in [2.05, 4.69) is 30.0 Å². The molecular formula is C22H33N3O2S. The van der Waals surface area contributed by atoms with Gasteiger partial charge in [-0.3, -0.25) is 4.68 Å². The average Bonchev–Trinajstić information content (AvgIpc) is 3.26. The Balaban J connectivity index is 0.000000583. The van der Waals surface area contributed by atoms with Crippen LogP contribution in [0.4, 0.5) is 0 Å². The third kappa shape index (κ3) is 6.44. The molecular weight excluding hydrogens is 370 g/mol. The number of hydrogen-bond donors (Lipinski definition) is 0. The molecule has 0 fully saturated rings. The van der Waals surface area contributed by atoms with E-state index in [0.717, 1.165) is 21.8 Å². The number of benzene rings is 1. The summed E-state index contributed by atoms with van der Waals surface area (Å²) in [7, 11) is 0. The number of nitrogens with zero attached hydrogens (tertiary/aromatic N) is 3. The van der Waals surface area contributed by atoms with E-state index >= 15 is 0 Å². The molecule has 2 heterocycles. The van der Waals surface area contributed by atoms with Gasteiger partial charge in [-0.1, -0.05) is 52.7 Å². The van der Waals surface area contributed by atoms with Crippen molar-refractivity contribution in [1.82, 2.24) is 14.8 Å². The van der Waals surface area contributed by atoms with Crippen LogP contribution in [0.5, 0.6) is 0 Å². The highest BCUT2D eigenvalue weighted by Gasteiger charge is 2.14. The number of esters is 1. The van der Waals surface area contributed by atoms with Crippen molar-refractivity contribution in [3.8, 4) is 0 Å². The van der Waals surface area contributed by atoms with Crippen molar-refractivity contribution < 1.29 is 9.53 Å². The number of aromatic nitrogens is 3. The number of thiazole rings is 1. The highest BCUT2D eigenvalue weighted by atomic mass is 32.1. The SMILES string of the molecule is CC.CCCC.CCOC(=O)c1cc(C)n(Cc2cccc3sc(C)nc23)n1. The van der Waals surface area contributed by atoms with E-state index in [1.54, 1.807) is 24.3 Å². The molecule has 0 bridgehead atoms. The van der Waals surface area contributed by atoms with Gasteiger partial charge < -0.3 is 4.74 Å². The van der Waals surface area contributed by atoms with Gasteiger partial charge in [0.15, 0.2) is 5.69 Å². The van der Waals surface area contributed by atoms with Crippen molar-refractivity contribution in [2.45, 2.75) is 67.9 Å². The molecule has 6 heteroatoms. The number of aryl methyl sites for hydroxylation is 2. The Kier molecular flexibility index (Phi) is 10.5. The zero-order chi connectivity index (χ0) is 21.1. The molecule has 1 aromatic carbocycles. The van der Waals surface area contributed by atoms with Gasteiger partial charge in [0.25, 0.3) is 0 Å². The van der Waals surface area contributed by atoms with Crippen molar-refractivity contribution in [3.63, 3.8) is 0 Å². The standard InChI is InChI=1S/C16H17N3O2S.C4H10.C2H6/c1-4-21-16(20)13-8-10(2)19(18-13)9-12-6-5-7-14-15(12)17-11(3)22-14;1-3-4-2;1-2/h5-8H,4,9H2,1-3H3;3-4H2,1-2H3;1-2H3. The fourth-order valence-electron chi connectivity index (χ4n) is 2.38. The maximum Gasteiger partial charge on any atom is 0.358 e. The van der Waals surface area contributed by atoms with Gasteiger partial charge in [0.05, 0.1) is 28.4 Å². The Labute approximate surface area is 172 Å². The number of para-hydroxylation sites is 1. The highest BCUT2D eigenvalue weighted by Crippen LogP contribution is 2.25. The molecule has 0 radical (unpaired) electrons. The van der Waals surface area contributed by atoms with Crippen LogP contribution in [-0.2, 0) is 11.3 Å². The van der Waals surface area contributed by atoms with Crippen LogP contribution in [0.1, 0.15) is 74.2 Å². The molecule has 3 aromatic rings. The molecule has 0 aliphatic carbocycles. The van der Waals surface area contributed by atoms with Gasteiger partial charge in [-0.05, 0) is 32.9 Å². The molecule has 0 unspecified atom stereocenters. The quantitative estimate of drug-likeness (QED) is 0.478. The lowest BCUT2D eigenvalue weighted by Crippen LogP contribution is -2.08. The topological polar surface area (TPSA) is 57.0 Å². The van der Waals surface area contributed by atoms with Gasteiger partial charge in [-0.25, -0.2) is 9.78 Å². The summed E-state index contributed by atoms with van der Waals surface area (Å²) in [5.74, 6) is -0.382. The summed E-state index contributed by atoms with van der Waals surface area (Å²) in [5, 5.41) is 5.40. The zero-order valence-corrected chi connectivity index (χ0v) is 19.0. The van der Waals surface area contributed by atoms with Crippen molar-refractivity contribution >= 4 is 27.5 Å². The minimum absolute atomic E-state index is 0.348. The van der Waals surface area contributed by atoms with Crippen LogP contribution >= 0.6 is 11.3 Å². The summed E-state index contributed by atoms with van der Waals surface area (Å²) < 4.78 is 7.98. The van der Waals surface area contributed by atoms with Crippen LogP contribution in [0.15, 0.2) is 24.3 Å². The second-order valence-corrected chi connectivity index (χ2v) is 7.28. The van der Waals surface area contributed by atoms with Crippen molar-refractivity contribution in [2.24, 2.45) is 0 Å². The molecule has 0 atom stereocenters. The number of ether oxygens (including phenoxy) is 1. The first-order valence-electron chi connectivity index (χ1n) is 10.1. The van der Waals surface area contributed by atoms with Gasteiger partial charge in [0.1, 0.15) is 0 Å². The molecule has 0 amide bonds. The average molecular weight is 404 g/mol. The molecule has 0 aliphatic rings. The van der Waals surface area contributed by atoms with E-state index in [4.69, 9.17) is 4.74 Å². The summed E-state index contributed by atoms with van der Waals surface area (Å²) in [6.45, 7) is 15.0. The fourth-order valence-corrected chi connectivity index (χ4v) is 3.26. The third-order valence-electron chi connectivity index (χ3n) is 3.90. The maximum absolute atomic E-state index is 11.8. The predicted molar refractivity (Wildman–Crippen MR) is 118 cm³/mol. The predicted octanol–water partition coefficient (Wildman–Crippen LogP) is 6.17.